The van der Waals surface area contributed by atoms with E-state index in [0.29, 0.717) is 5.58 Å². The Balaban J connectivity index is 2.11. The maximum Gasteiger partial charge on any atom is 0.307 e. The number of benzene rings is 2. The highest BCUT2D eigenvalue weighted by molar-refractivity contribution is 5.92. The van der Waals surface area contributed by atoms with E-state index in [9.17, 15) is 4.79 Å². The number of carbonyl (C=O) groups is 1. The fraction of sp³-hybridized carbons (Fsp3) is 0.125. The lowest BCUT2D eigenvalue weighted by atomic mass is 10.0. The number of aromatic nitrogens is 1. The Hall–Kier alpha value is -2.62. The van der Waals surface area contributed by atoms with Gasteiger partial charge in [0.1, 0.15) is 5.69 Å². The van der Waals surface area contributed by atoms with Gasteiger partial charge in [-0.2, -0.15) is 0 Å². The first-order valence-corrected chi connectivity index (χ1v) is 6.30. The Morgan fingerprint density at radius 1 is 1.20 bits per heavy atom. The predicted molar refractivity (Wildman–Crippen MR) is 75.5 cm³/mol. The van der Waals surface area contributed by atoms with Crippen LogP contribution in [-0.2, 0) is 11.2 Å². The molecule has 2 aromatic carbocycles. The van der Waals surface area contributed by atoms with Crippen LogP contribution in [0.3, 0.4) is 0 Å². The summed E-state index contributed by atoms with van der Waals surface area (Å²) in [4.78, 5) is 10.8. The van der Waals surface area contributed by atoms with Crippen LogP contribution in [-0.4, -0.2) is 16.2 Å². The van der Waals surface area contributed by atoms with Crippen LogP contribution >= 0.6 is 0 Å². The van der Waals surface area contributed by atoms with E-state index < -0.39 is 5.97 Å². The smallest absolute Gasteiger partial charge is 0.307 e. The molecule has 4 heteroatoms. The number of aliphatic carboxylic acids is 1. The Morgan fingerprint density at radius 2 is 1.95 bits per heavy atom. The van der Waals surface area contributed by atoms with Gasteiger partial charge in [-0.15, -0.1) is 0 Å². The average molecular weight is 267 g/mol. The van der Waals surface area contributed by atoms with E-state index in [1.807, 2.05) is 37.3 Å². The lowest BCUT2D eigenvalue weighted by Gasteiger charge is -2.00. The van der Waals surface area contributed by atoms with E-state index in [1.54, 1.807) is 12.1 Å². The second-order valence-electron chi connectivity index (χ2n) is 4.80. The van der Waals surface area contributed by atoms with Crippen LogP contribution < -0.4 is 0 Å². The van der Waals surface area contributed by atoms with Crippen molar-refractivity contribution in [2.45, 2.75) is 13.3 Å². The van der Waals surface area contributed by atoms with E-state index in [2.05, 4.69) is 5.16 Å². The first-order valence-electron chi connectivity index (χ1n) is 6.30. The fourth-order valence-corrected chi connectivity index (χ4v) is 2.19. The number of carboxylic acid groups (broad SMARTS) is 1. The molecular weight excluding hydrogens is 254 g/mol. The van der Waals surface area contributed by atoms with E-state index in [0.717, 1.165) is 22.2 Å². The number of fused-ring (bicyclic) bond motifs is 1. The number of nitrogens with zero attached hydrogens (tertiary/aromatic N) is 1. The van der Waals surface area contributed by atoms with Gasteiger partial charge in [-0.05, 0) is 24.6 Å². The zero-order valence-electron chi connectivity index (χ0n) is 11.0. The molecule has 0 atom stereocenters. The molecule has 3 rings (SSSR count). The molecule has 0 radical (unpaired) electrons. The SMILES string of the molecule is Cc1ccc(-c2noc3ccc(CC(=O)O)cc23)cc1. The summed E-state index contributed by atoms with van der Waals surface area (Å²) < 4.78 is 5.30. The van der Waals surface area contributed by atoms with Crippen LogP contribution in [0, 0.1) is 6.92 Å². The second-order valence-corrected chi connectivity index (χ2v) is 4.80. The standard InChI is InChI=1S/C16H13NO3/c1-10-2-5-12(6-3-10)16-13-8-11(9-15(18)19)4-7-14(13)20-17-16/h2-8H,9H2,1H3,(H,18,19). The zero-order valence-corrected chi connectivity index (χ0v) is 11.0. The van der Waals surface area contributed by atoms with Crippen molar-refractivity contribution in [1.29, 1.82) is 0 Å². The molecule has 0 fully saturated rings. The molecule has 3 aromatic rings. The van der Waals surface area contributed by atoms with Gasteiger partial charge in [0.15, 0.2) is 5.58 Å². The van der Waals surface area contributed by atoms with E-state index in [1.165, 1.54) is 5.56 Å². The predicted octanol–water partition coefficient (Wildman–Crippen LogP) is 3.43. The van der Waals surface area contributed by atoms with E-state index >= 15 is 0 Å². The Labute approximate surface area is 115 Å². The molecule has 1 heterocycles. The summed E-state index contributed by atoms with van der Waals surface area (Å²) in [5.74, 6) is -0.849. The minimum Gasteiger partial charge on any atom is -0.481 e. The largest absolute Gasteiger partial charge is 0.481 e. The Morgan fingerprint density at radius 3 is 2.65 bits per heavy atom. The van der Waals surface area contributed by atoms with Crippen molar-refractivity contribution in [2.24, 2.45) is 0 Å². The molecule has 0 aliphatic rings. The zero-order chi connectivity index (χ0) is 14.1. The van der Waals surface area contributed by atoms with Gasteiger partial charge in [0.05, 0.1) is 6.42 Å². The van der Waals surface area contributed by atoms with Crippen molar-refractivity contribution in [3.8, 4) is 11.3 Å². The normalized spacial score (nSPS) is 10.8. The average Bonchev–Trinajstić information content (AvgIpc) is 2.82. The molecule has 0 spiro atoms. The van der Waals surface area contributed by atoms with Gasteiger partial charge in [-0.3, -0.25) is 4.79 Å². The molecule has 100 valence electrons. The fourth-order valence-electron chi connectivity index (χ4n) is 2.19. The third kappa shape index (κ3) is 2.28. The van der Waals surface area contributed by atoms with Crippen LogP contribution in [0.1, 0.15) is 11.1 Å². The van der Waals surface area contributed by atoms with Crippen molar-refractivity contribution in [3.05, 3.63) is 53.6 Å². The highest BCUT2D eigenvalue weighted by atomic mass is 16.5. The summed E-state index contributed by atoms with van der Waals surface area (Å²) in [5.41, 5.74) is 4.28. The number of aryl methyl sites for hydroxylation is 1. The summed E-state index contributed by atoms with van der Waals surface area (Å²) in [7, 11) is 0. The summed E-state index contributed by atoms with van der Waals surface area (Å²) in [5, 5.41) is 13.8. The summed E-state index contributed by atoms with van der Waals surface area (Å²) in [6, 6.07) is 13.3. The molecule has 1 N–H and O–H groups in total. The lowest BCUT2D eigenvalue weighted by Crippen LogP contribution is -1.99. The topological polar surface area (TPSA) is 63.3 Å². The minimum absolute atomic E-state index is 0.00550. The lowest BCUT2D eigenvalue weighted by molar-refractivity contribution is -0.136. The summed E-state index contributed by atoms with van der Waals surface area (Å²) >= 11 is 0. The summed E-state index contributed by atoms with van der Waals surface area (Å²) in [6.07, 6.45) is -0.00550. The van der Waals surface area contributed by atoms with Crippen molar-refractivity contribution in [2.75, 3.05) is 0 Å². The van der Waals surface area contributed by atoms with Gasteiger partial charge in [0.2, 0.25) is 0 Å². The highest BCUT2D eigenvalue weighted by Crippen LogP contribution is 2.29. The molecule has 0 aliphatic heterocycles. The molecule has 0 amide bonds. The number of carboxylic acids is 1. The molecule has 4 nitrogen and oxygen atoms in total. The van der Waals surface area contributed by atoms with E-state index in [-0.39, 0.29) is 6.42 Å². The maximum atomic E-state index is 10.8. The van der Waals surface area contributed by atoms with Gasteiger partial charge >= 0.3 is 5.97 Å². The molecule has 0 saturated carbocycles. The van der Waals surface area contributed by atoms with Crippen molar-refractivity contribution < 1.29 is 14.4 Å². The van der Waals surface area contributed by atoms with Crippen LogP contribution in [0.25, 0.3) is 22.2 Å². The van der Waals surface area contributed by atoms with Gasteiger partial charge in [0, 0.05) is 10.9 Å². The third-order valence-electron chi connectivity index (χ3n) is 3.21. The molecule has 0 saturated heterocycles. The van der Waals surface area contributed by atoms with Crippen LogP contribution in [0.2, 0.25) is 0 Å². The molecule has 1 aromatic heterocycles. The highest BCUT2D eigenvalue weighted by Gasteiger charge is 2.11. The van der Waals surface area contributed by atoms with E-state index in [4.69, 9.17) is 9.63 Å². The van der Waals surface area contributed by atoms with Gasteiger partial charge < -0.3 is 9.63 Å². The van der Waals surface area contributed by atoms with Gasteiger partial charge in [-0.1, -0.05) is 41.1 Å². The number of rotatable bonds is 3. The minimum atomic E-state index is -0.849. The Bertz CT molecular complexity index is 772. The van der Waals surface area contributed by atoms with Crippen molar-refractivity contribution >= 4 is 16.9 Å². The van der Waals surface area contributed by atoms with Crippen molar-refractivity contribution in [3.63, 3.8) is 0 Å². The molecule has 20 heavy (non-hydrogen) atoms. The summed E-state index contributed by atoms with van der Waals surface area (Å²) in [6.45, 7) is 2.02. The Kier molecular flexibility index (Phi) is 2.99. The maximum absolute atomic E-state index is 10.8. The molecule has 0 aliphatic carbocycles. The second kappa shape index (κ2) is 4.81. The third-order valence-corrected chi connectivity index (χ3v) is 3.21. The monoisotopic (exact) mass is 267 g/mol. The van der Waals surface area contributed by atoms with Crippen LogP contribution in [0.5, 0.6) is 0 Å². The first kappa shape index (κ1) is 12.4. The van der Waals surface area contributed by atoms with Crippen molar-refractivity contribution in [1.82, 2.24) is 5.16 Å². The van der Waals surface area contributed by atoms with Gasteiger partial charge in [-0.25, -0.2) is 0 Å². The van der Waals surface area contributed by atoms with Crippen LogP contribution in [0.15, 0.2) is 47.0 Å². The van der Waals surface area contributed by atoms with Crippen LogP contribution in [0.4, 0.5) is 0 Å². The molecule has 0 bridgehead atoms. The first-order chi connectivity index (χ1) is 9.63. The molecule has 0 unspecified atom stereocenters. The molecular formula is C16H13NO3. The number of hydrogen-bond donors (Lipinski definition) is 1. The quantitative estimate of drug-likeness (QED) is 0.789. The number of hydrogen-bond acceptors (Lipinski definition) is 3. The van der Waals surface area contributed by atoms with Gasteiger partial charge in [0.25, 0.3) is 0 Å².